The van der Waals surface area contributed by atoms with E-state index in [0.29, 0.717) is 17.1 Å². The van der Waals surface area contributed by atoms with Crippen molar-refractivity contribution in [2.24, 2.45) is 14.1 Å². The Labute approximate surface area is 126 Å². The highest BCUT2D eigenvalue weighted by atomic mass is 16.4. The molecular weight excluding hydrogens is 288 g/mol. The number of carbonyl (C=O) groups excluding carboxylic acids is 2. The molecule has 2 heterocycles. The zero-order valence-electron chi connectivity index (χ0n) is 12.4. The molecule has 22 heavy (non-hydrogen) atoms. The molecule has 0 saturated heterocycles. The maximum Gasteiger partial charge on any atom is 0.352 e. The molecule has 2 rings (SSSR count). The quantitative estimate of drug-likeness (QED) is 0.791. The summed E-state index contributed by atoms with van der Waals surface area (Å²) < 4.78 is 2.98. The molecule has 0 atom stereocenters. The number of aromatic nitrogens is 2. The lowest BCUT2D eigenvalue weighted by Gasteiger charge is -2.03. The van der Waals surface area contributed by atoms with Gasteiger partial charge in [-0.15, -0.1) is 0 Å². The largest absolute Gasteiger partial charge is 0.477 e. The van der Waals surface area contributed by atoms with Crippen LogP contribution >= 0.6 is 0 Å². The molecule has 0 radical (unpaired) electrons. The minimum Gasteiger partial charge on any atom is -0.477 e. The molecule has 2 aromatic heterocycles. The summed E-state index contributed by atoms with van der Waals surface area (Å²) in [4.78, 5) is 34.2. The zero-order chi connectivity index (χ0) is 16.4. The van der Waals surface area contributed by atoms with E-state index in [9.17, 15) is 14.4 Å². The molecule has 8 heteroatoms. The molecule has 2 aromatic rings. The first kappa shape index (κ1) is 15.4. The second-order valence-electron chi connectivity index (χ2n) is 4.89. The Hall–Kier alpha value is -3.03. The molecule has 0 fully saturated rings. The number of carboxylic acids is 1. The Kier molecular flexibility index (Phi) is 4.02. The number of hydrogen-bond donors (Lipinski definition) is 3. The fourth-order valence-corrected chi connectivity index (χ4v) is 2.10. The number of carbonyl (C=O) groups is 3. The van der Waals surface area contributed by atoms with Crippen molar-refractivity contribution < 1.29 is 19.5 Å². The van der Waals surface area contributed by atoms with Crippen LogP contribution in [0.5, 0.6) is 0 Å². The Morgan fingerprint density at radius 1 is 0.955 bits per heavy atom. The second-order valence-corrected chi connectivity index (χ2v) is 4.89. The number of amides is 2. The van der Waals surface area contributed by atoms with Crippen molar-refractivity contribution in [3.8, 4) is 0 Å². The molecule has 0 saturated carbocycles. The SMILES string of the molecule is CC(=O)Nc1cc(C(=O)Nc2cc(C(=O)O)n(C)c2)n(C)c1. The molecule has 8 nitrogen and oxygen atoms in total. The van der Waals surface area contributed by atoms with Crippen molar-refractivity contribution in [2.75, 3.05) is 10.6 Å². The molecule has 2 amide bonds. The molecule has 0 unspecified atom stereocenters. The average Bonchev–Trinajstić information content (AvgIpc) is 2.92. The van der Waals surface area contributed by atoms with Gasteiger partial charge in [0.25, 0.3) is 5.91 Å². The van der Waals surface area contributed by atoms with Crippen molar-refractivity contribution in [1.82, 2.24) is 9.13 Å². The Morgan fingerprint density at radius 3 is 1.95 bits per heavy atom. The molecule has 0 aromatic carbocycles. The van der Waals surface area contributed by atoms with Gasteiger partial charge in [-0.25, -0.2) is 4.79 Å². The van der Waals surface area contributed by atoms with E-state index in [1.165, 1.54) is 29.8 Å². The normalized spacial score (nSPS) is 10.3. The predicted octanol–water partition coefficient (Wildman–Crippen LogP) is 1.27. The highest BCUT2D eigenvalue weighted by Gasteiger charge is 2.15. The molecule has 0 aliphatic heterocycles. The number of carboxylic acid groups (broad SMARTS) is 1. The number of nitrogens with one attached hydrogen (secondary N) is 2. The van der Waals surface area contributed by atoms with Crippen LogP contribution < -0.4 is 10.6 Å². The molecular formula is C14H16N4O4. The van der Waals surface area contributed by atoms with E-state index < -0.39 is 11.9 Å². The van der Waals surface area contributed by atoms with Gasteiger partial charge in [0.05, 0.1) is 11.4 Å². The second kappa shape index (κ2) is 5.76. The molecule has 116 valence electrons. The van der Waals surface area contributed by atoms with Gasteiger partial charge in [-0.1, -0.05) is 0 Å². The Morgan fingerprint density at radius 2 is 1.45 bits per heavy atom. The Bertz CT molecular complexity index is 757. The van der Waals surface area contributed by atoms with Crippen LogP contribution in [0.3, 0.4) is 0 Å². The number of aryl methyl sites for hydroxylation is 2. The summed E-state index contributed by atoms with van der Waals surface area (Å²) in [7, 11) is 3.25. The first-order chi connectivity index (χ1) is 10.3. The molecule has 0 aliphatic carbocycles. The minimum absolute atomic E-state index is 0.0705. The van der Waals surface area contributed by atoms with Crippen LogP contribution in [0.2, 0.25) is 0 Å². The number of hydrogen-bond acceptors (Lipinski definition) is 3. The van der Waals surface area contributed by atoms with E-state index in [0.717, 1.165) is 0 Å². The summed E-state index contributed by atoms with van der Waals surface area (Å²) in [5.41, 5.74) is 1.30. The molecule has 0 bridgehead atoms. The van der Waals surface area contributed by atoms with Gasteiger partial charge in [0.15, 0.2) is 0 Å². The monoisotopic (exact) mass is 304 g/mol. The number of aromatic carboxylic acids is 1. The standard InChI is InChI=1S/C14H16N4O4/c1-8(19)15-9-4-11(17(2)6-9)13(20)16-10-5-12(14(21)22)18(3)7-10/h4-7H,1-3H3,(H,15,19)(H,16,20)(H,21,22). The van der Waals surface area contributed by atoms with Crippen molar-refractivity contribution in [1.29, 1.82) is 0 Å². The third kappa shape index (κ3) is 3.17. The Balaban J connectivity index is 2.19. The average molecular weight is 304 g/mol. The van der Waals surface area contributed by atoms with E-state index >= 15 is 0 Å². The molecule has 3 N–H and O–H groups in total. The summed E-state index contributed by atoms with van der Waals surface area (Å²) in [6, 6.07) is 2.91. The van der Waals surface area contributed by atoms with Crippen LogP contribution in [0.25, 0.3) is 0 Å². The fraction of sp³-hybridized carbons (Fsp3) is 0.214. The third-order valence-electron chi connectivity index (χ3n) is 3.04. The van der Waals surface area contributed by atoms with E-state index in [-0.39, 0.29) is 11.6 Å². The van der Waals surface area contributed by atoms with Gasteiger partial charge in [0.2, 0.25) is 5.91 Å². The van der Waals surface area contributed by atoms with Crippen molar-refractivity contribution >= 4 is 29.2 Å². The van der Waals surface area contributed by atoms with Gasteiger partial charge in [-0.2, -0.15) is 0 Å². The smallest absolute Gasteiger partial charge is 0.352 e. The van der Waals surface area contributed by atoms with E-state index in [2.05, 4.69) is 10.6 Å². The van der Waals surface area contributed by atoms with E-state index in [4.69, 9.17) is 5.11 Å². The van der Waals surface area contributed by atoms with Crippen LogP contribution in [0, 0.1) is 0 Å². The topological polar surface area (TPSA) is 105 Å². The van der Waals surface area contributed by atoms with Crippen LogP contribution in [-0.2, 0) is 18.9 Å². The van der Waals surface area contributed by atoms with Gasteiger partial charge >= 0.3 is 5.97 Å². The summed E-state index contributed by atoms with van der Waals surface area (Å²) >= 11 is 0. The van der Waals surface area contributed by atoms with Crippen LogP contribution in [0.4, 0.5) is 11.4 Å². The molecule has 0 aliphatic rings. The van der Waals surface area contributed by atoms with Crippen LogP contribution in [0.15, 0.2) is 24.5 Å². The highest BCUT2D eigenvalue weighted by molar-refractivity contribution is 6.05. The van der Waals surface area contributed by atoms with E-state index in [1.54, 1.807) is 24.9 Å². The summed E-state index contributed by atoms with van der Waals surface area (Å²) in [5, 5.41) is 14.2. The van der Waals surface area contributed by atoms with Gasteiger partial charge in [0.1, 0.15) is 11.4 Å². The fourth-order valence-electron chi connectivity index (χ4n) is 2.10. The minimum atomic E-state index is -1.07. The maximum absolute atomic E-state index is 12.2. The number of rotatable bonds is 4. The van der Waals surface area contributed by atoms with E-state index in [1.807, 2.05) is 0 Å². The van der Waals surface area contributed by atoms with Crippen molar-refractivity contribution in [3.05, 3.63) is 35.9 Å². The van der Waals surface area contributed by atoms with Crippen LogP contribution in [0.1, 0.15) is 27.9 Å². The lowest BCUT2D eigenvalue weighted by atomic mass is 10.3. The highest BCUT2D eigenvalue weighted by Crippen LogP contribution is 2.17. The summed E-state index contributed by atoms with van der Waals surface area (Å²) in [6.45, 7) is 1.38. The lowest BCUT2D eigenvalue weighted by Crippen LogP contribution is -2.14. The predicted molar refractivity (Wildman–Crippen MR) is 80.0 cm³/mol. The van der Waals surface area contributed by atoms with Crippen molar-refractivity contribution in [2.45, 2.75) is 6.92 Å². The first-order valence-corrected chi connectivity index (χ1v) is 6.43. The summed E-state index contributed by atoms with van der Waals surface area (Å²) in [6.07, 6.45) is 3.13. The van der Waals surface area contributed by atoms with Crippen molar-refractivity contribution in [3.63, 3.8) is 0 Å². The lowest BCUT2D eigenvalue weighted by molar-refractivity contribution is -0.114. The summed E-state index contributed by atoms with van der Waals surface area (Å²) in [5.74, 6) is -1.71. The number of anilines is 2. The first-order valence-electron chi connectivity index (χ1n) is 6.43. The third-order valence-corrected chi connectivity index (χ3v) is 3.04. The number of nitrogens with zero attached hydrogens (tertiary/aromatic N) is 2. The van der Waals surface area contributed by atoms with Gasteiger partial charge in [0, 0.05) is 33.4 Å². The van der Waals surface area contributed by atoms with Gasteiger partial charge in [-0.3, -0.25) is 9.59 Å². The zero-order valence-corrected chi connectivity index (χ0v) is 12.4. The van der Waals surface area contributed by atoms with Gasteiger partial charge < -0.3 is 24.9 Å². The van der Waals surface area contributed by atoms with Crippen LogP contribution in [-0.4, -0.2) is 32.0 Å². The van der Waals surface area contributed by atoms with Gasteiger partial charge in [-0.05, 0) is 12.1 Å². The molecule has 0 spiro atoms. The maximum atomic E-state index is 12.2.